The van der Waals surface area contributed by atoms with E-state index >= 15 is 0 Å². The quantitative estimate of drug-likeness (QED) is 0.733. The molecule has 1 saturated carbocycles. The smallest absolute Gasteiger partial charge is 0.325 e. The van der Waals surface area contributed by atoms with Crippen molar-refractivity contribution in [2.45, 2.75) is 51.0 Å². The van der Waals surface area contributed by atoms with Crippen molar-refractivity contribution < 1.29 is 19.1 Å². The molecule has 0 unspecified atom stereocenters. The number of carbonyl (C=O) groups excluding carboxylic acids is 3. The molecular weight excluding hydrogens is 334 g/mol. The maximum absolute atomic E-state index is 12.6. The largest absolute Gasteiger partial charge is 0.491 e. The second-order valence-corrected chi connectivity index (χ2v) is 6.82. The zero-order valence-corrected chi connectivity index (χ0v) is 15.0. The van der Waals surface area contributed by atoms with Crippen LogP contribution in [0.15, 0.2) is 24.3 Å². The van der Waals surface area contributed by atoms with Crippen LogP contribution in [0.2, 0.25) is 0 Å². The summed E-state index contributed by atoms with van der Waals surface area (Å²) >= 11 is 0. The van der Waals surface area contributed by atoms with Gasteiger partial charge in [-0.15, -0.1) is 0 Å². The first kappa shape index (κ1) is 18.2. The standard InChI is InChI=1S/C19H25N3O4/c1-2-13-26-15-8-4-3-7-14(15)20-16(23)9-12-22-17(24)19(21-18(22)25)10-5-6-11-19/h3-4,7-8H,2,5-6,9-13H2,1H3,(H,20,23)(H,21,25). The van der Waals surface area contributed by atoms with E-state index in [1.807, 2.05) is 19.1 Å². The molecule has 1 aromatic rings. The summed E-state index contributed by atoms with van der Waals surface area (Å²) in [5.74, 6) is 0.160. The monoisotopic (exact) mass is 359 g/mol. The minimum Gasteiger partial charge on any atom is -0.491 e. The number of imide groups is 1. The Morgan fingerprint density at radius 3 is 2.73 bits per heavy atom. The molecule has 2 N–H and O–H groups in total. The van der Waals surface area contributed by atoms with Crippen molar-refractivity contribution in [2.24, 2.45) is 0 Å². The van der Waals surface area contributed by atoms with Gasteiger partial charge in [0.1, 0.15) is 11.3 Å². The molecule has 1 aromatic carbocycles. The lowest BCUT2D eigenvalue weighted by atomic mass is 9.98. The Hall–Kier alpha value is -2.57. The van der Waals surface area contributed by atoms with Gasteiger partial charge >= 0.3 is 6.03 Å². The minimum absolute atomic E-state index is 0.0529. The first-order chi connectivity index (χ1) is 12.6. The van der Waals surface area contributed by atoms with Crippen LogP contribution >= 0.6 is 0 Å². The van der Waals surface area contributed by atoms with Gasteiger partial charge in [-0.2, -0.15) is 0 Å². The van der Waals surface area contributed by atoms with Gasteiger partial charge in [-0.05, 0) is 31.4 Å². The molecule has 1 spiro atoms. The van der Waals surface area contributed by atoms with Crippen molar-refractivity contribution in [2.75, 3.05) is 18.5 Å². The highest BCUT2D eigenvalue weighted by molar-refractivity contribution is 6.07. The predicted molar refractivity (Wildman–Crippen MR) is 96.9 cm³/mol. The maximum atomic E-state index is 12.6. The number of hydrogen-bond acceptors (Lipinski definition) is 4. The third-order valence-electron chi connectivity index (χ3n) is 4.89. The number of hydrogen-bond donors (Lipinski definition) is 2. The summed E-state index contributed by atoms with van der Waals surface area (Å²) in [5, 5.41) is 5.62. The lowest BCUT2D eigenvalue weighted by Crippen LogP contribution is -2.44. The fourth-order valence-electron chi connectivity index (χ4n) is 3.53. The Morgan fingerprint density at radius 2 is 2.00 bits per heavy atom. The van der Waals surface area contributed by atoms with Crippen LogP contribution in [0.4, 0.5) is 10.5 Å². The highest BCUT2D eigenvalue weighted by Crippen LogP contribution is 2.35. The molecule has 0 bridgehead atoms. The van der Waals surface area contributed by atoms with Gasteiger partial charge in [0.05, 0.1) is 12.3 Å². The van der Waals surface area contributed by atoms with Gasteiger partial charge in [-0.25, -0.2) is 4.79 Å². The van der Waals surface area contributed by atoms with Crippen molar-refractivity contribution in [1.82, 2.24) is 10.2 Å². The molecule has 7 nitrogen and oxygen atoms in total. The van der Waals surface area contributed by atoms with Crippen molar-refractivity contribution in [3.8, 4) is 5.75 Å². The molecule has 26 heavy (non-hydrogen) atoms. The molecule has 140 valence electrons. The molecule has 2 fully saturated rings. The molecule has 1 heterocycles. The Balaban J connectivity index is 1.56. The van der Waals surface area contributed by atoms with E-state index in [0.717, 1.165) is 19.3 Å². The highest BCUT2D eigenvalue weighted by atomic mass is 16.5. The predicted octanol–water partition coefficient (Wildman–Crippen LogP) is 2.67. The Kier molecular flexibility index (Phi) is 5.44. The second kappa shape index (κ2) is 7.76. The molecule has 1 saturated heterocycles. The van der Waals surface area contributed by atoms with E-state index in [1.54, 1.807) is 12.1 Å². The van der Waals surface area contributed by atoms with Crippen molar-refractivity contribution in [1.29, 1.82) is 0 Å². The van der Waals surface area contributed by atoms with Gasteiger partial charge < -0.3 is 15.4 Å². The van der Waals surface area contributed by atoms with Crippen LogP contribution in [0.1, 0.15) is 45.4 Å². The molecule has 7 heteroatoms. The molecule has 1 aliphatic carbocycles. The van der Waals surface area contributed by atoms with Gasteiger partial charge in [-0.1, -0.05) is 31.9 Å². The number of para-hydroxylation sites is 2. The number of anilines is 1. The van der Waals surface area contributed by atoms with Crippen molar-refractivity contribution >= 4 is 23.5 Å². The number of nitrogens with one attached hydrogen (secondary N) is 2. The molecule has 4 amide bonds. The van der Waals surface area contributed by atoms with Gasteiger partial charge in [0.2, 0.25) is 5.91 Å². The third kappa shape index (κ3) is 3.66. The molecule has 1 aliphatic heterocycles. The summed E-state index contributed by atoms with van der Waals surface area (Å²) in [5.41, 5.74) is -0.135. The number of ether oxygens (including phenoxy) is 1. The molecular formula is C19H25N3O4. The first-order valence-corrected chi connectivity index (χ1v) is 9.21. The average Bonchev–Trinajstić information content (AvgIpc) is 3.18. The molecule has 0 atom stereocenters. The number of nitrogens with zero attached hydrogens (tertiary/aromatic N) is 1. The lowest BCUT2D eigenvalue weighted by Gasteiger charge is -2.20. The maximum Gasteiger partial charge on any atom is 0.325 e. The van der Waals surface area contributed by atoms with E-state index in [4.69, 9.17) is 4.74 Å². The number of benzene rings is 1. The molecule has 0 aromatic heterocycles. The topological polar surface area (TPSA) is 87.7 Å². The van der Waals surface area contributed by atoms with E-state index in [0.29, 0.717) is 30.9 Å². The van der Waals surface area contributed by atoms with Gasteiger partial charge in [-0.3, -0.25) is 14.5 Å². The zero-order valence-electron chi connectivity index (χ0n) is 15.0. The normalized spacial score (nSPS) is 18.3. The van der Waals surface area contributed by atoms with E-state index in [1.165, 1.54) is 4.90 Å². The van der Waals surface area contributed by atoms with Crippen molar-refractivity contribution in [3.63, 3.8) is 0 Å². The fraction of sp³-hybridized carbons (Fsp3) is 0.526. The van der Waals surface area contributed by atoms with Crippen LogP contribution in [-0.2, 0) is 9.59 Å². The Morgan fingerprint density at radius 1 is 1.27 bits per heavy atom. The van der Waals surface area contributed by atoms with E-state index in [2.05, 4.69) is 10.6 Å². The summed E-state index contributed by atoms with van der Waals surface area (Å²) in [4.78, 5) is 38.2. The van der Waals surface area contributed by atoms with E-state index in [9.17, 15) is 14.4 Å². The van der Waals surface area contributed by atoms with Crippen LogP contribution in [0, 0.1) is 0 Å². The third-order valence-corrected chi connectivity index (χ3v) is 4.89. The van der Waals surface area contributed by atoms with Gasteiger partial charge in [0.25, 0.3) is 5.91 Å². The summed E-state index contributed by atoms with van der Waals surface area (Å²) in [6, 6.07) is 6.83. The van der Waals surface area contributed by atoms with Crippen LogP contribution in [0.25, 0.3) is 0 Å². The highest BCUT2D eigenvalue weighted by Gasteiger charge is 2.52. The summed E-state index contributed by atoms with van der Waals surface area (Å²) in [6.07, 6.45) is 4.17. The first-order valence-electron chi connectivity index (χ1n) is 9.21. The number of urea groups is 1. The number of rotatable bonds is 7. The minimum atomic E-state index is -0.728. The van der Waals surface area contributed by atoms with E-state index in [-0.39, 0.29) is 24.8 Å². The Bertz CT molecular complexity index is 698. The fourth-order valence-corrected chi connectivity index (χ4v) is 3.53. The molecule has 0 radical (unpaired) electrons. The SMILES string of the molecule is CCCOc1ccccc1NC(=O)CCN1C(=O)NC2(CCCC2)C1=O. The van der Waals surface area contributed by atoms with Crippen LogP contribution in [0.5, 0.6) is 5.75 Å². The van der Waals surface area contributed by atoms with Crippen molar-refractivity contribution in [3.05, 3.63) is 24.3 Å². The summed E-state index contributed by atoms with van der Waals surface area (Å²) < 4.78 is 5.62. The van der Waals surface area contributed by atoms with E-state index < -0.39 is 11.6 Å². The van der Waals surface area contributed by atoms with Crippen LogP contribution < -0.4 is 15.4 Å². The summed E-state index contributed by atoms with van der Waals surface area (Å²) in [6.45, 7) is 2.66. The number of carbonyl (C=O) groups is 3. The number of amides is 4. The molecule has 3 rings (SSSR count). The average molecular weight is 359 g/mol. The second-order valence-electron chi connectivity index (χ2n) is 6.82. The zero-order chi connectivity index (χ0) is 18.6. The molecule has 2 aliphatic rings. The summed E-state index contributed by atoms with van der Waals surface area (Å²) in [7, 11) is 0. The van der Waals surface area contributed by atoms with Gasteiger partial charge in [0.15, 0.2) is 0 Å². The van der Waals surface area contributed by atoms with Gasteiger partial charge in [0, 0.05) is 13.0 Å². The Labute approximate surface area is 153 Å². The van der Waals surface area contributed by atoms with Crippen LogP contribution in [0.3, 0.4) is 0 Å². The van der Waals surface area contributed by atoms with Crippen LogP contribution in [-0.4, -0.2) is 41.4 Å². The lowest BCUT2D eigenvalue weighted by molar-refractivity contribution is -0.131.